The van der Waals surface area contributed by atoms with Gasteiger partial charge in [0.25, 0.3) is 0 Å². The first kappa shape index (κ1) is 20.0. The molecule has 0 aromatic heterocycles. The lowest BCUT2D eigenvalue weighted by Crippen LogP contribution is -2.41. The van der Waals surface area contributed by atoms with E-state index in [4.69, 9.17) is 18.9 Å². The van der Waals surface area contributed by atoms with Crippen LogP contribution >= 0.6 is 0 Å². The summed E-state index contributed by atoms with van der Waals surface area (Å²) in [6.07, 6.45) is 9.52. The molecule has 5 nitrogen and oxygen atoms in total. The Balaban J connectivity index is 2.19. The maximum atomic E-state index is 5.63. The van der Waals surface area contributed by atoms with E-state index in [0.29, 0.717) is 32.5 Å². The molecule has 1 fully saturated rings. The Bertz CT molecular complexity index is 273. The van der Waals surface area contributed by atoms with Gasteiger partial charge in [0.2, 0.25) is 0 Å². The normalized spacial score (nSPS) is 15.5. The minimum atomic E-state index is 0.569. The van der Waals surface area contributed by atoms with Gasteiger partial charge in [-0.25, -0.2) is 0 Å². The zero-order valence-corrected chi connectivity index (χ0v) is 14.4. The summed E-state index contributed by atoms with van der Waals surface area (Å²) >= 11 is 0. The van der Waals surface area contributed by atoms with Gasteiger partial charge in [0.15, 0.2) is 0 Å². The minimum Gasteiger partial charge on any atom is -0.499 e. The topological polar surface area (TPSA) is 40.2 Å². The van der Waals surface area contributed by atoms with Gasteiger partial charge in [0, 0.05) is 19.1 Å². The van der Waals surface area contributed by atoms with Crippen molar-refractivity contribution >= 4 is 0 Å². The lowest BCUT2D eigenvalue weighted by molar-refractivity contribution is 0.0284. The highest BCUT2D eigenvalue weighted by Crippen LogP contribution is 2.22. The molecule has 0 unspecified atom stereocenters. The highest BCUT2D eigenvalue weighted by atomic mass is 16.5. The van der Waals surface area contributed by atoms with Crippen molar-refractivity contribution < 1.29 is 18.9 Å². The molecule has 1 aliphatic rings. The zero-order chi connectivity index (χ0) is 16.6. The quantitative estimate of drug-likeness (QED) is 0.342. The number of rotatable bonds is 15. The van der Waals surface area contributed by atoms with Gasteiger partial charge in [-0.3, -0.25) is 4.90 Å². The molecule has 134 valence electrons. The summed E-state index contributed by atoms with van der Waals surface area (Å²) < 4.78 is 21.4. The summed E-state index contributed by atoms with van der Waals surface area (Å²) in [4.78, 5) is 2.52. The second-order valence-corrected chi connectivity index (χ2v) is 5.63. The Morgan fingerprint density at radius 2 is 1.26 bits per heavy atom. The number of nitrogens with zero attached hydrogens (tertiary/aromatic N) is 1. The summed E-state index contributed by atoms with van der Waals surface area (Å²) in [6.45, 7) is 12.8. The Morgan fingerprint density at radius 3 is 1.74 bits per heavy atom. The SMILES string of the molecule is C=COCCOCCN(CCOCCOC=C)C1CCCCC1. The third-order valence-corrected chi connectivity index (χ3v) is 4.06. The monoisotopic (exact) mass is 327 g/mol. The van der Waals surface area contributed by atoms with E-state index < -0.39 is 0 Å². The molecule has 0 aliphatic heterocycles. The lowest BCUT2D eigenvalue weighted by Gasteiger charge is -2.34. The summed E-state index contributed by atoms with van der Waals surface area (Å²) in [5, 5.41) is 0. The molecule has 1 saturated carbocycles. The Hall–Kier alpha value is -1.04. The van der Waals surface area contributed by atoms with Crippen LogP contribution in [-0.4, -0.2) is 63.7 Å². The lowest BCUT2D eigenvalue weighted by atomic mass is 9.94. The van der Waals surface area contributed by atoms with Crippen molar-refractivity contribution in [3.05, 3.63) is 25.7 Å². The Morgan fingerprint density at radius 1 is 0.739 bits per heavy atom. The van der Waals surface area contributed by atoms with E-state index in [1.165, 1.54) is 44.6 Å². The van der Waals surface area contributed by atoms with Crippen molar-refractivity contribution in [3.8, 4) is 0 Å². The van der Waals surface area contributed by atoms with E-state index in [0.717, 1.165) is 26.3 Å². The van der Waals surface area contributed by atoms with Crippen LogP contribution in [0.5, 0.6) is 0 Å². The molecule has 0 heterocycles. The zero-order valence-electron chi connectivity index (χ0n) is 14.4. The molecule has 23 heavy (non-hydrogen) atoms. The van der Waals surface area contributed by atoms with Crippen molar-refractivity contribution in [2.75, 3.05) is 52.7 Å². The summed E-state index contributed by atoms with van der Waals surface area (Å²) in [7, 11) is 0. The highest BCUT2D eigenvalue weighted by Gasteiger charge is 2.20. The van der Waals surface area contributed by atoms with Crippen molar-refractivity contribution in [2.45, 2.75) is 38.1 Å². The molecule has 1 rings (SSSR count). The molecular formula is C18H33NO4. The molecule has 0 atom stereocenters. The van der Waals surface area contributed by atoms with E-state index >= 15 is 0 Å². The Kier molecular flexibility index (Phi) is 12.7. The first-order chi connectivity index (χ1) is 11.4. The van der Waals surface area contributed by atoms with Crippen LogP contribution in [0, 0.1) is 0 Å². The summed E-state index contributed by atoms with van der Waals surface area (Å²) in [5.41, 5.74) is 0. The predicted octanol–water partition coefficient (Wildman–Crippen LogP) is 2.97. The average molecular weight is 327 g/mol. The fraction of sp³-hybridized carbons (Fsp3) is 0.778. The van der Waals surface area contributed by atoms with Crippen LogP contribution in [0.15, 0.2) is 25.7 Å². The predicted molar refractivity (Wildman–Crippen MR) is 92.4 cm³/mol. The number of hydrogen-bond acceptors (Lipinski definition) is 5. The van der Waals surface area contributed by atoms with Crippen LogP contribution in [0.1, 0.15) is 32.1 Å². The van der Waals surface area contributed by atoms with Gasteiger partial charge in [0.1, 0.15) is 13.2 Å². The molecule has 1 aliphatic carbocycles. The molecule has 0 bridgehead atoms. The Labute approximate surface area is 141 Å². The van der Waals surface area contributed by atoms with Gasteiger partial charge in [-0.15, -0.1) is 0 Å². The van der Waals surface area contributed by atoms with Crippen LogP contribution in [0.2, 0.25) is 0 Å². The number of hydrogen-bond donors (Lipinski definition) is 0. The molecule has 0 radical (unpaired) electrons. The third-order valence-electron chi connectivity index (χ3n) is 4.06. The van der Waals surface area contributed by atoms with Crippen LogP contribution in [0.3, 0.4) is 0 Å². The van der Waals surface area contributed by atoms with E-state index in [9.17, 15) is 0 Å². The van der Waals surface area contributed by atoms with Gasteiger partial charge in [0.05, 0.1) is 39.0 Å². The molecule has 5 heteroatoms. The van der Waals surface area contributed by atoms with E-state index in [1.807, 2.05) is 0 Å². The van der Waals surface area contributed by atoms with Gasteiger partial charge >= 0.3 is 0 Å². The van der Waals surface area contributed by atoms with Gasteiger partial charge < -0.3 is 18.9 Å². The van der Waals surface area contributed by atoms with Crippen molar-refractivity contribution in [1.82, 2.24) is 4.90 Å². The van der Waals surface area contributed by atoms with Crippen LogP contribution in [0.4, 0.5) is 0 Å². The van der Waals surface area contributed by atoms with Crippen LogP contribution in [-0.2, 0) is 18.9 Å². The second kappa shape index (κ2) is 14.5. The molecular weight excluding hydrogens is 294 g/mol. The second-order valence-electron chi connectivity index (χ2n) is 5.63. The van der Waals surface area contributed by atoms with E-state index in [2.05, 4.69) is 18.1 Å². The standard InChI is InChI=1S/C18H33NO4/c1-3-20-14-16-22-12-10-19(18-8-6-5-7-9-18)11-13-23-17-15-21-4-2/h3-4,18H,1-2,5-17H2. The highest BCUT2D eigenvalue weighted by molar-refractivity contribution is 4.75. The third kappa shape index (κ3) is 10.4. The van der Waals surface area contributed by atoms with Gasteiger partial charge in [-0.2, -0.15) is 0 Å². The molecule has 0 saturated heterocycles. The summed E-state index contributed by atoms with van der Waals surface area (Å²) in [5.74, 6) is 0. The maximum Gasteiger partial charge on any atom is 0.111 e. The van der Waals surface area contributed by atoms with Crippen molar-refractivity contribution in [2.24, 2.45) is 0 Å². The first-order valence-electron chi connectivity index (χ1n) is 8.73. The molecule has 0 amide bonds. The maximum absolute atomic E-state index is 5.63. The van der Waals surface area contributed by atoms with Gasteiger partial charge in [-0.05, 0) is 12.8 Å². The first-order valence-corrected chi connectivity index (χ1v) is 8.73. The molecule has 0 spiro atoms. The average Bonchev–Trinajstić information content (AvgIpc) is 2.60. The minimum absolute atomic E-state index is 0.569. The van der Waals surface area contributed by atoms with Crippen molar-refractivity contribution in [3.63, 3.8) is 0 Å². The smallest absolute Gasteiger partial charge is 0.111 e. The fourth-order valence-electron chi connectivity index (χ4n) is 2.87. The molecule has 0 N–H and O–H groups in total. The largest absolute Gasteiger partial charge is 0.499 e. The van der Waals surface area contributed by atoms with Gasteiger partial charge in [-0.1, -0.05) is 32.4 Å². The molecule has 0 aromatic rings. The fourth-order valence-corrected chi connectivity index (χ4v) is 2.87. The summed E-state index contributed by atoms with van der Waals surface area (Å²) in [6, 6.07) is 0.671. The van der Waals surface area contributed by atoms with E-state index in [1.54, 1.807) is 0 Å². The van der Waals surface area contributed by atoms with Crippen molar-refractivity contribution in [1.29, 1.82) is 0 Å². The number of ether oxygens (including phenoxy) is 4. The van der Waals surface area contributed by atoms with Crippen LogP contribution in [0.25, 0.3) is 0 Å². The van der Waals surface area contributed by atoms with Crippen LogP contribution < -0.4 is 0 Å². The molecule has 0 aromatic carbocycles. The van der Waals surface area contributed by atoms with E-state index in [-0.39, 0.29) is 0 Å².